The van der Waals surface area contributed by atoms with Crippen LogP contribution in [0.25, 0.3) is 0 Å². The van der Waals surface area contributed by atoms with E-state index in [1.54, 1.807) is 0 Å². The number of hydrogen-bond donors (Lipinski definition) is 3. The Kier molecular flexibility index (Phi) is 64.9. The van der Waals surface area contributed by atoms with Crippen molar-refractivity contribution in [1.82, 2.24) is 0 Å². The third-order valence-corrected chi connectivity index (χ3v) is 18.0. The van der Waals surface area contributed by atoms with Gasteiger partial charge >= 0.3 is 39.5 Å². The first-order valence-corrected chi connectivity index (χ1v) is 40.2. The molecule has 0 heterocycles. The highest BCUT2D eigenvalue weighted by atomic mass is 31.2. The minimum Gasteiger partial charge on any atom is -0.462 e. The summed E-state index contributed by atoms with van der Waals surface area (Å²) in [5.74, 6) is -2.17. The molecule has 0 aromatic carbocycles. The number of aliphatic hydroxyl groups is 1. The second-order valence-corrected chi connectivity index (χ2v) is 28.1. The van der Waals surface area contributed by atoms with Gasteiger partial charge < -0.3 is 33.8 Å². The largest absolute Gasteiger partial charge is 0.472 e. The maximum Gasteiger partial charge on any atom is 0.472 e. The summed E-state index contributed by atoms with van der Waals surface area (Å²) in [6, 6.07) is 0. The van der Waals surface area contributed by atoms with Gasteiger partial charge in [0.25, 0.3) is 0 Å². The van der Waals surface area contributed by atoms with E-state index in [0.717, 1.165) is 141 Å². The summed E-state index contributed by atoms with van der Waals surface area (Å²) in [5.41, 5.74) is 0. The van der Waals surface area contributed by atoms with Gasteiger partial charge in [0, 0.05) is 25.7 Å². The minimum atomic E-state index is -4.96. The van der Waals surface area contributed by atoms with Crippen molar-refractivity contribution in [3.8, 4) is 0 Å². The number of esters is 4. The van der Waals surface area contributed by atoms with Crippen LogP contribution in [0.2, 0.25) is 0 Å². The monoisotopic (exact) mass is 1350 g/mol. The molecule has 17 nitrogen and oxygen atoms in total. The number of allylic oxidation sites excluding steroid dienone is 6. The van der Waals surface area contributed by atoms with Crippen molar-refractivity contribution >= 4 is 39.5 Å². The molecule has 0 spiro atoms. The van der Waals surface area contributed by atoms with E-state index in [9.17, 15) is 43.2 Å². The van der Waals surface area contributed by atoms with Crippen LogP contribution in [0.5, 0.6) is 0 Å². The lowest BCUT2D eigenvalue weighted by molar-refractivity contribution is -0.161. The van der Waals surface area contributed by atoms with E-state index in [4.69, 9.17) is 37.0 Å². The second-order valence-electron chi connectivity index (χ2n) is 25.2. The summed E-state index contributed by atoms with van der Waals surface area (Å²) in [5, 5.41) is 10.6. The summed E-state index contributed by atoms with van der Waals surface area (Å²) < 4.78 is 68.3. The average Bonchev–Trinajstić information content (AvgIpc) is 3.33. The molecule has 540 valence electrons. The second kappa shape index (κ2) is 66.9. The van der Waals surface area contributed by atoms with Crippen molar-refractivity contribution in [2.45, 2.75) is 367 Å². The van der Waals surface area contributed by atoms with Crippen LogP contribution in [-0.4, -0.2) is 96.7 Å². The zero-order chi connectivity index (χ0) is 67.5. The normalized spacial score (nSPS) is 14.2. The van der Waals surface area contributed by atoms with Gasteiger partial charge in [0.05, 0.1) is 26.4 Å². The Morgan fingerprint density at radius 2 is 0.500 bits per heavy atom. The highest BCUT2D eigenvalue weighted by molar-refractivity contribution is 7.47. The van der Waals surface area contributed by atoms with Gasteiger partial charge in [0.15, 0.2) is 12.2 Å². The van der Waals surface area contributed by atoms with Crippen LogP contribution >= 0.6 is 15.6 Å². The Bertz CT molecular complexity index is 1900. The molecule has 0 rings (SSSR count). The van der Waals surface area contributed by atoms with Crippen LogP contribution in [-0.2, 0) is 65.4 Å². The Labute approximate surface area is 560 Å². The topological polar surface area (TPSA) is 237 Å². The third-order valence-electron chi connectivity index (χ3n) is 16.1. The predicted octanol–water partition coefficient (Wildman–Crippen LogP) is 20.8. The summed E-state index contributed by atoms with van der Waals surface area (Å²) in [6.45, 7) is 4.85. The van der Waals surface area contributed by atoms with Crippen LogP contribution in [0.15, 0.2) is 36.5 Å². The van der Waals surface area contributed by atoms with E-state index < -0.39 is 97.5 Å². The first-order chi connectivity index (χ1) is 44.7. The number of aliphatic hydroxyl groups excluding tert-OH is 1. The fourth-order valence-electron chi connectivity index (χ4n) is 10.3. The van der Waals surface area contributed by atoms with E-state index in [1.165, 1.54) is 128 Å². The van der Waals surface area contributed by atoms with Crippen LogP contribution in [0.1, 0.15) is 349 Å². The number of carbonyl (C=O) groups is 4. The zero-order valence-corrected chi connectivity index (χ0v) is 60.5. The lowest BCUT2D eigenvalue weighted by Gasteiger charge is -2.21. The summed E-state index contributed by atoms with van der Waals surface area (Å²) >= 11 is 0. The highest BCUT2D eigenvalue weighted by Gasteiger charge is 2.30. The zero-order valence-electron chi connectivity index (χ0n) is 58.7. The molecule has 0 radical (unpaired) electrons. The minimum absolute atomic E-state index is 0.0891. The molecule has 0 aliphatic heterocycles. The fraction of sp³-hybridized carbons (Fsp3) is 0.863. The first kappa shape index (κ1) is 89.3. The first-order valence-electron chi connectivity index (χ1n) is 37.2. The number of hydrogen-bond acceptors (Lipinski definition) is 15. The smallest absolute Gasteiger partial charge is 0.462 e. The van der Waals surface area contributed by atoms with Crippen molar-refractivity contribution < 1.29 is 80.2 Å². The van der Waals surface area contributed by atoms with E-state index in [-0.39, 0.29) is 25.7 Å². The van der Waals surface area contributed by atoms with Crippen molar-refractivity contribution in [2.24, 2.45) is 0 Å². The van der Waals surface area contributed by atoms with E-state index in [2.05, 4.69) is 64.2 Å². The van der Waals surface area contributed by atoms with Gasteiger partial charge in [0.1, 0.15) is 19.3 Å². The number of rotatable bonds is 71. The molecule has 0 amide bonds. The van der Waals surface area contributed by atoms with E-state index in [0.29, 0.717) is 25.7 Å². The highest BCUT2D eigenvalue weighted by Crippen LogP contribution is 2.45. The number of phosphoric acid groups is 2. The van der Waals surface area contributed by atoms with Gasteiger partial charge in [-0.05, 0) is 103 Å². The predicted molar refractivity (Wildman–Crippen MR) is 372 cm³/mol. The van der Waals surface area contributed by atoms with Gasteiger partial charge in [-0.1, -0.05) is 257 Å². The summed E-state index contributed by atoms with van der Waals surface area (Å²) in [4.78, 5) is 72.6. The average molecular weight is 1350 g/mol. The molecule has 0 fully saturated rings. The number of phosphoric ester groups is 2. The van der Waals surface area contributed by atoms with Crippen LogP contribution in [0.3, 0.4) is 0 Å². The summed E-state index contributed by atoms with van der Waals surface area (Å²) in [7, 11) is -9.92. The molecule has 5 unspecified atom stereocenters. The molecule has 0 saturated carbocycles. The van der Waals surface area contributed by atoms with Crippen molar-refractivity contribution in [3.05, 3.63) is 36.5 Å². The molecular weight excluding hydrogens is 1210 g/mol. The van der Waals surface area contributed by atoms with Crippen LogP contribution in [0, 0.1) is 0 Å². The molecule has 0 saturated heterocycles. The Morgan fingerprint density at radius 1 is 0.293 bits per heavy atom. The molecule has 3 N–H and O–H groups in total. The molecule has 5 atom stereocenters. The van der Waals surface area contributed by atoms with Crippen molar-refractivity contribution in [3.63, 3.8) is 0 Å². The van der Waals surface area contributed by atoms with Gasteiger partial charge in [0.2, 0.25) is 0 Å². The van der Waals surface area contributed by atoms with Gasteiger partial charge in [-0.15, -0.1) is 0 Å². The molecule has 0 aliphatic rings. The van der Waals surface area contributed by atoms with Gasteiger partial charge in [-0.3, -0.25) is 37.3 Å². The van der Waals surface area contributed by atoms with Gasteiger partial charge in [-0.2, -0.15) is 0 Å². The molecule has 0 aliphatic carbocycles. The maximum absolute atomic E-state index is 13.0. The molecule has 0 bridgehead atoms. The Morgan fingerprint density at radius 3 is 0.761 bits per heavy atom. The van der Waals surface area contributed by atoms with E-state index in [1.807, 2.05) is 0 Å². The van der Waals surface area contributed by atoms with Crippen LogP contribution in [0.4, 0.5) is 0 Å². The molecule has 0 aromatic heterocycles. The van der Waals surface area contributed by atoms with Crippen LogP contribution < -0.4 is 0 Å². The summed E-state index contributed by atoms with van der Waals surface area (Å²) in [6.07, 6.45) is 60.0. The van der Waals surface area contributed by atoms with Crippen molar-refractivity contribution in [2.75, 3.05) is 39.6 Å². The van der Waals surface area contributed by atoms with E-state index >= 15 is 0 Å². The Balaban J connectivity index is 5.29. The quantitative estimate of drug-likeness (QED) is 0.0169. The molecule has 0 aromatic rings. The SMILES string of the molecule is CCCCCC/C=C\CCCCCCCC(=O)OCC(COP(=O)(O)OCC(O)COP(=O)(O)OCC(COC(=O)CCCCCCC/C=C\CCCCCCCC)OC(=O)CCCCCCCCCCCCC)OC(=O)CCCCCCC/C=C\CCCCCC. The maximum atomic E-state index is 13.0. The number of unbranched alkanes of at least 4 members (excludes halogenated alkanes) is 39. The third kappa shape index (κ3) is 65.9. The van der Waals surface area contributed by atoms with Gasteiger partial charge in [-0.25, -0.2) is 9.13 Å². The van der Waals surface area contributed by atoms with Crippen molar-refractivity contribution in [1.29, 1.82) is 0 Å². The number of ether oxygens (including phenoxy) is 4. The number of carbonyl (C=O) groups excluding carboxylic acids is 4. The molecule has 19 heteroatoms. The lowest BCUT2D eigenvalue weighted by Crippen LogP contribution is -2.30. The lowest BCUT2D eigenvalue weighted by atomic mass is 10.1. The standard InChI is InChI=1S/C73H136O17P2/c1-5-9-13-17-21-25-29-32-33-36-39-42-46-50-54-58-71(76)84-63-68(89-72(77)59-55-51-47-43-37-28-24-20-16-12-8-4)65-87-91(79,80)85-61-67(74)62-86-92(81,82)88-66-69(90-73(78)60-56-52-48-44-40-35-31-27-23-19-15-11-7-3)64-83-70(75)57-53-49-45-41-38-34-30-26-22-18-14-10-6-2/h26-27,30-33,67-69,74H,5-25,28-29,34-66H2,1-4H3,(H,79,80)(H,81,82)/b30-26-,31-27-,33-32-. The molecule has 92 heavy (non-hydrogen) atoms. The Hall–Kier alpha value is -2.72. The fourth-order valence-corrected chi connectivity index (χ4v) is 11.9. The molecular formula is C73H136O17P2.